The van der Waals surface area contributed by atoms with Crippen molar-refractivity contribution in [3.63, 3.8) is 0 Å². The number of aromatic nitrogens is 5. The fraction of sp³-hybridized carbons (Fsp3) is 0.318. The summed E-state index contributed by atoms with van der Waals surface area (Å²) in [7, 11) is 0. The monoisotopic (exact) mass is 420 g/mol. The van der Waals surface area contributed by atoms with Crippen molar-refractivity contribution in [3.8, 4) is 11.4 Å². The quantitative estimate of drug-likeness (QED) is 0.424. The molecule has 0 amide bonds. The van der Waals surface area contributed by atoms with E-state index in [1.807, 2.05) is 23.8 Å². The van der Waals surface area contributed by atoms with Crippen molar-refractivity contribution in [3.05, 3.63) is 64.6 Å². The van der Waals surface area contributed by atoms with E-state index >= 15 is 0 Å². The van der Waals surface area contributed by atoms with E-state index in [1.54, 1.807) is 18.7 Å². The minimum Gasteiger partial charge on any atom is -0.384 e. The molecule has 5 rings (SSSR count). The highest BCUT2D eigenvalue weighted by molar-refractivity contribution is 5.85. The summed E-state index contributed by atoms with van der Waals surface area (Å²) < 4.78 is 13.0. The number of rotatable bonds is 7. The van der Waals surface area contributed by atoms with E-state index in [2.05, 4.69) is 32.4 Å². The molecule has 0 unspecified atom stereocenters. The van der Waals surface area contributed by atoms with E-state index in [4.69, 9.17) is 14.5 Å². The largest absolute Gasteiger partial charge is 0.384 e. The molecule has 1 fully saturated rings. The van der Waals surface area contributed by atoms with Crippen LogP contribution in [0.4, 0.5) is 5.69 Å². The highest BCUT2D eigenvalue weighted by Crippen LogP contribution is 2.27. The maximum Gasteiger partial charge on any atom is 0.261 e. The van der Waals surface area contributed by atoms with Gasteiger partial charge in [0.15, 0.2) is 6.29 Å². The van der Waals surface area contributed by atoms with Crippen LogP contribution in [0.2, 0.25) is 0 Å². The number of fused-ring (bicyclic) bond motifs is 1. The van der Waals surface area contributed by atoms with Crippen LogP contribution >= 0.6 is 0 Å². The number of nitrogens with one attached hydrogen (secondary N) is 3. The second kappa shape index (κ2) is 8.37. The van der Waals surface area contributed by atoms with Gasteiger partial charge in [-0.05, 0) is 30.2 Å². The summed E-state index contributed by atoms with van der Waals surface area (Å²) >= 11 is 0. The SMILES string of the molecule is Cc1cc(Cn2ccnc2)cc2[nH]c(-c3c(NCCC4OCCO4)cc[nH]c3=O)nc12. The van der Waals surface area contributed by atoms with Gasteiger partial charge in [0.25, 0.3) is 5.56 Å². The Morgan fingerprint density at radius 2 is 2.16 bits per heavy atom. The van der Waals surface area contributed by atoms with Crippen LogP contribution in [0.1, 0.15) is 17.5 Å². The molecule has 31 heavy (non-hydrogen) atoms. The standard InChI is InChI=1S/C22H24N6O3/c1-14-10-15(12-28-7-6-23-13-28)11-17-20(14)27-21(26-17)19-16(2-4-25-22(19)29)24-5-3-18-30-8-9-31-18/h2,4,6-7,10-11,13,18H,3,5,8-9,12H2,1H3,(H,26,27)(H2,24,25,29). The maximum atomic E-state index is 12.7. The van der Waals surface area contributed by atoms with Crippen LogP contribution in [0, 0.1) is 6.92 Å². The number of ether oxygens (including phenoxy) is 2. The predicted molar refractivity (Wildman–Crippen MR) is 117 cm³/mol. The summed E-state index contributed by atoms with van der Waals surface area (Å²) in [6.07, 6.45) is 7.63. The third-order valence-electron chi connectivity index (χ3n) is 5.35. The van der Waals surface area contributed by atoms with Crippen molar-refractivity contribution in [1.82, 2.24) is 24.5 Å². The van der Waals surface area contributed by atoms with Crippen LogP contribution in [-0.2, 0) is 16.0 Å². The number of aromatic amines is 2. The Kier molecular flexibility index (Phi) is 5.27. The number of anilines is 1. The first kappa shape index (κ1) is 19.5. The minimum atomic E-state index is -0.200. The van der Waals surface area contributed by atoms with E-state index in [-0.39, 0.29) is 11.8 Å². The summed E-state index contributed by atoms with van der Waals surface area (Å²) in [5.41, 5.74) is 4.94. The lowest BCUT2D eigenvalue weighted by Gasteiger charge is -2.12. The Morgan fingerprint density at radius 1 is 1.29 bits per heavy atom. The van der Waals surface area contributed by atoms with Crippen molar-refractivity contribution in [1.29, 1.82) is 0 Å². The zero-order valence-electron chi connectivity index (χ0n) is 17.2. The molecule has 4 heterocycles. The minimum absolute atomic E-state index is 0.194. The van der Waals surface area contributed by atoms with Crippen molar-refractivity contribution >= 4 is 16.7 Å². The molecule has 1 aromatic carbocycles. The van der Waals surface area contributed by atoms with Gasteiger partial charge in [-0.15, -0.1) is 0 Å². The third kappa shape index (κ3) is 4.10. The first-order chi connectivity index (χ1) is 15.2. The molecule has 0 radical (unpaired) electrons. The normalized spacial score (nSPS) is 14.5. The highest BCUT2D eigenvalue weighted by Gasteiger charge is 2.18. The van der Waals surface area contributed by atoms with E-state index < -0.39 is 0 Å². The number of benzene rings is 1. The smallest absolute Gasteiger partial charge is 0.261 e. The van der Waals surface area contributed by atoms with Crippen molar-refractivity contribution in [2.45, 2.75) is 26.2 Å². The molecule has 9 nitrogen and oxygen atoms in total. The number of aryl methyl sites for hydroxylation is 1. The van der Waals surface area contributed by atoms with Gasteiger partial charge in [-0.25, -0.2) is 9.97 Å². The lowest BCUT2D eigenvalue weighted by Crippen LogP contribution is -2.17. The van der Waals surface area contributed by atoms with Gasteiger partial charge in [0.1, 0.15) is 11.4 Å². The Bertz CT molecular complexity index is 1240. The van der Waals surface area contributed by atoms with Gasteiger partial charge in [0, 0.05) is 38.1 Å². The molecular weight excluding hydrogens is 396 g/mol. The number of imidazole rings is 2. The highest BCUT2D eigenvalue weighted by atomic mass is 16.7. The Morgan fingerprint density at radius 3 is 2.97 bits per heavy atom. The van der Waals surface area contributed by atoms with Gasteiger partial charge in [-0.2, -0.15) is 0 Å². The zero-order valence-corrected chi connectivity index (χ0v) is 17.2. The first-order valence-electron chi connectivity index (χ1n) is 10.3. The molecule has 0 atom stereocenters. The zero-order chi connectivity index (χ0) is 21.2. The van der Waals surface area contributed by atoms with E-state index in [0.29, 0.717) is 37.6 Å². The number of nitrogens with zero attached hydrogens (tertiary/aromatic N) is 3. The molecule has 3 aromatic heterocycles. The van der Waals surface area contributed by atoms with Crippen molar-refractivity contribution in [2.75, 3.05) is 25.1 Å². The maximum absolute atomic E-state index is 12.7. The molecule has 1 saturated heterocycles. The van der Waals surface area contributed by atoms with Crippen LogP contribution in [0.15, 0.2) is 47.9 Å². The lowest BCUT2D eigenvalue weighted by molar-refractivity contribution is -0.0439. The van der Waals surface area contributed by atoms with Gasteiger partial charge in [0.05, 0.1) is 36.3 Å². The molecule has 3 N–H and O–H groups in total. The topological polar surface area (TPSA) is 110 Å². The molecular formula is C22H24N6O3. The Balaban J connectivity index is 1.44. The van der Waals surface area contributed by atoms with E-state index in [1.165, 1.54) is 0 Å². The summed E-state index contributed by atoms with van der Waals surface area (Å²) in [5.74, 6) is 0.538. The average Bonchev–Trinajstić information content (AvgIpc) is 3.50. The summed E-state index contributed by atoms with van der Waals surface area (Å²) in [6.45, 7) is 4.62. The average molecular weight is 420 g/mol. The number of pyridine rings is 1. The first-order valence-corrected chi connectivity index (χ1v) is 10.3. The molecule has 1 aliphatic rings. The Labute approximate surface area is 178 Å². The molecule has 0 aliphatic carbocycles. The Hall–Kier alpha value is -3.43. The third-order valence-corrected chi connectivity index (χ3v) is 5.35. The van der Waals surface area contributed by atoms with Crippen LogP contribution in [0.25, 0.3) is 22.4 Å². The lowest BCUT2D eigenvalue weighted by atomic mass is 10.1. The fourth-order valence-corrected chi connectivity index (χ4v) is 3.93. The predicted octanol–water partition coefficient (Wildman–Crippen LogP) is 2.65. The van der Waals surface area contributed by atoms with Crippen LogP contribution < -0.4 is 10.9 Å². The molecule has 160 valence electrons. The summed E-state index contributed by atoms with van der Waals surface area (Å²) in [6, 6.07) is 6.03. The van der Waals surface area contributed by atoms with Crippen LogP contribution in [0.5, 0.6) is 0 Å². The molecule has 0 bridgehead atoms. The second-order valence-electron chi connectivity index (χ2n) is 7.61. The summed E-state index contributed by atoms with van der Waals surface area (Å²) in [4.78, 5) is 27.6. The van der Waals surface area contributed by atoms with Crippen molar-refractivity contribution < 1.29 is 9.47 Å². The fourth-order valence-electron chi connectivity index (χ4n) is 3.93. The molecule has 1 aliphatic heterocycles. The van der Waals surface area contributed by atoms with Crippen molar-refractivity contribution in [2.24, 2.45) is 0 Å². The van der Waals surface area contributed by atoms with Gasteiger partial charge in [0.2, 0.25) is 0 Å². The molecule has 9 heteroatoms. The van der Waals surface area contributed by atoms with Gasteiger partial charge in [-0.3, -0.25) is 4.79 Å². The van der Waals surface area contributed by atoms with Gasteiger partial charge < -0.3 is 29.3 Å². The number of hydrogen-bond donors (Lipinski definition) is 3. The number of H-pyrrole nitrogens is 2. The molecule has 0 spiro atoms. The number of hydrogen-bond acceptors (Lipinski definition) is 6. The second-order valence-corrected chi connectivity index (χ2v) is 7.61. The molecule has 4 aromatic rings. The van der Waals surface area contributed by atoms with Crippen LogP contribution in [-0.4, -0.2) is 50.6 Å². The van der Waals surface area contributed by atoms with E-state index in [9.17, 15) is 4.79 Å². The molecule has 0 saturated carbocycles. The van der Waals surface area contributed by atoms with Gasteiger partial charge >= 0.3 is 0 Å². The van der Waals surface area contributed by atoms with Crippen LogP contribution in [0.3, 0.4) is 0 Å². The van der Waals surface area contributed by atoms with Gasteiger partial charge in [-0.1, -0.05) is 6.07 Å². The summed E-state index contributed by atoms with van der Waals surface area (Å²) in [5, 5.41) is 3.33. The van der Waals surface area contributed by atoms with E-state index in [0.717, 1.165) is 34.4 Å².